The maximum atomic E-state index is 12.9. The van der Waals surface area contributed by atoms with Gasteiger partial charge < -0.3 is 9.64 Å². The fraction of sp³-hybridized carbons (Fsp3) is 0.286. The van der Waals surface area contributed by atoms with Crippen LogP contribution in [0.15, 0.2) is 72.8 Å². The third-order valence-corrected chi connectivity index (χ3v) is 6.37. The van der Waals surface area contributed by atoms with Crippen molar-refractivity contribution in [3.05, 3.63) is 106 Å². The Morgan fingerprint density at radius 1 is 1.03 bits per heavy atom. The molecule has 1 atom stereocenters. The lowest BCUT2D eigenvalue weighted by Gasteiger charge is -2.36. The number of nitrogens with zero attached hydrogens (tertiary/aromatic N) is 3. The van der Waals surface area contributed by atoms with Crippen LogP contribution in [0.4, 0.5) is 0 Å². The Balaban J connectivity index is 1.38. The van der Waals surface area contributed by atoms with Gasteiger partial charge in [0.2, 0.25) is 0 Å². The number of amides is 1. The second-order valence-corrected chi connectivity index (χ2v) is 9.06. The minimum atomic E-state index is -0.0986. The van der Waals surface area contributed by atoms with Gasteiger partial charge in [-0.3, -0.25) is 9.69 Å². The molecule has 1 saturated heterocycles. The van der Waals surface area contributed by atoms with Crippen molar-refractivity contribution in [2.75, 3.05) is 32.7 Å². The van der Waals surface area contributed by atoms with Crippen molar-refractivity contribution in [3.8, 4) is 6.07 Å². The second kappa shape index (κ2) is 11.3. The molecule has 0 bridgehead atoms. The molecular weight excluding hydrogens is 446 g/mol. The summed E-state index contributed by atoms with van der Waals surface area (Å²) < 4.78 is 6.39. The molecular formula is C28H28ClN3O2. The van der Waals surface area contributed by atoms with E-state index in [1.807, 2.05) is 29.2 Å². The third-order valence-electron chi connectivity index (χ3n) is 6.12. The van der Waals surface area contributed by atoms with E-state index < -0.39 is 0 Å². The van der Waals surface area contributed by atoms with Crippen molar-refractivity contribution in [1.82, 2.24) is 9.80 Å². The van der Waals surface area contributed by atoms with Crippen molar-refractivity contribution < 1.29 is 9.53 Å². The molecule has 5 nitrogen and oxygen atoms in total. The summed E-state index contributed by atoms with van der Waals surface area (Å²) in [6.45, 7) is 6.23. The number of nitriles is 1. The summed E-state index contributed by atoms with van der Waals surface area (Å²) in [5.41, 5.74) is 4.63. The van der Waals surface area contributed by atoms with Gasteiger partial charge in [-0.05, 0) is 54.4 Å². The van der Waals surface area contributed by atoms with E-state index in [0.717, 1.165) is 30.8 Å². The molecule has 1 aliphatic rings. The number of aryl methyl sites for hydroxylation is 1. The predicted molar refractivity (Wildman–Crippen MR) is 134 cm³/mol. The van der Waals surface area contributed by atoms with Crippen LogP contribution in [0.5, 0.6) is 0 Å². The van der Waals surface area contributed by atoms with E-state index in [1.165, 1.54) is 5.56 Å². The molecule has 0 aliphatic carbocycles. The number of rotatable bonds is 7. The Morgan fingerprint density at radius 3 is 2.38 bits per heavy atom. The van der Waals surface area contributed by atoms with Crippen LogP contribution in [-0.2, 0) is 11.3 Å². The van der Waals surface area contributed by atoms with Gasteiger partial charge in [0, 0.05) is 43.3 Å². The molecule has 1 aliphatic heterocycles. The first kappa shape index (κ1) is 24.0. The summed E-state index contributed by atoms with van der Waals surface area (Å²) in [7, 11) is 0. The minimum absolute atomic E-state index is 0.00842. The number of halogens is 1. The van der Waals surface area contributed by atoms with Crippen LogP contribution in [-0.4, -0.2) is 48.4 Å². The van der Waals surface area contributed by atoms with Crippen molar-refractivity contribution in [2.24, 2.45) is 0 Å². The largest absolute Gasteiger partial charge is 0.368 e. The SMILES string of the molecule is Cc1cccc(COC(CN2CCN(C(=O)c3ccc(C#N)cc3)CC2)c2ccc(Cl)cc2)c1. The molecule has 3 aromatic rings. The Bertz CT molecular complexity index is 1150. The first-order valence-corrected chi connectivity index (χ1v) is 11.8. The van der Waals surface area contributed by atoms with Crippen LogP contribution in [0.25, 0.3) is 0 Å². The lowest BCUT2D eigenvalue weighted by Crippen LogP contribution is -2.49. The zero-order chi connectivity index (χ0) is 23.9. The average molecular weight is 474 g/mol. The van der Waals surface area contributed by atoms with Crippen LogP contribution in [0.3, 0.4) is 0 Å². The first-order valence-electron chi connectivity index (χ1n) is 11.5. The minimum Gasteiger partial charge on any atom is -0.368 e. The Labute approximate surface area is 206 Å². The summed E-state index contributed by atoms with van der Waals surface area (Å²) in [6, 6.07) is 25.1. The van der Waals surface area contributed by atoms with Gasteiger partial charge in [0.25, 0.3) is 5.91 Å². The summed E-state index contributed by atoms with van der Waals surface area (Å²) in [6.07, 6.45) is -0.0986. The van der Waals surface area contributed by atoms with Crippen LogP contribution < -0.4 is 0 Å². The quantitative estimate of drug-likeness (QED) is 0.471. The molecule has 0 radical (unpaired) electrons. The van der Waals surface area contributed by atoms with E-state index in [2.05, 4.69) is 42.2 Å². The maximum absolute atomic E-state index is 12.9. The lowest BCUT2D eigenvalue weighted by molar-refractivity contribution is 0.00341. The molecule has 1 unspecified atom stereocenters. The smallest absolute Gasteiger partial charge is 0.253 e. The molecule has 0 spiro atoms. The van der Waals surface area contributed by atoms with Gasteiger partial charge in [-0.15, -0.1) is 0 Å². The van der Waals surface area contributed by atoms with Crippen LogP contribution in [0.1, 0.15) is 38.7 Å². The molecule has 0 aromatic heterocycles. The van der Waals surface area contributed by atoms with Crippen LogP contribution in [0.2, 0.25) is 5.02 Å². The number of ether oxygens (including phenoxy) is 1. The fourth-order valence-corrected chi connectivity index (χ4v) is 4.29. The average Bonchev–Trinajstić information content (AvgIpc) is 2.87. The molecule has 34 heavy (non-hydrogen) atoms. The number of hydrogen-bond acceptors (Lipinski definition) is 4. The normalized spacial score (nSPS) is 15.0. The van der Waals surface area contributed by atoms with Gasteiger partial charge in [0.05, 0.1) is 24.3 Å². The monoisotopic (exact) mass is 473 g/mol. The topological polar surface area (TPSA) is 56.6 Å². The van der Waals surface area contributed by atoms with Crippen molar-refractivity contribution in [1.29, 1.82) is 5.26 Å². The molecule has 3 aromatic carbocycles. The highest BCUT2D eigenvalue weighted by molar-refractivity contribution is 6.30. The number of carbonyl (C=O) groups excluding carboxylic acids is 1. The summed E-state index contributed by atoms with van der Waals surface area (Å²) in [5, 5.41) is 9.66. The van der Waals surface area contributed by atoms with Crippen molar-refractivity contribution in [2.45, 2.75) is 19.6 Å². The van der Waals surface area contributed by atoms with E-state index in [-0.39, 0.29) is 12.0 Å². The number of piperazine rings is 1. The highest BCUT2D eigenvalue weighted by atomic mass is 35.5. The van der Waals surface area contributed by atoms with Crippen molar-refractivity contribution in [3.63, 3.8) is 0 Å². The molecule has 4 rings (SSSR count). The van der Waals surface area contributed by atoms with E-state index >= 15 is 0 Å². The second-order valence-electron chi connectivity index (χ2n) is 8.62. The maximum Gasteiger partial charge on any atom is 0.253 e. The number of carbonyl (C=O) groups is 1. The summed E-state index contributed by atoms with van der Waals surface area (Å²) in [4.78, 5) is 17.1. The molecule has 1 fully saturated rings. The Morgan fingerprint density at radius 2 is 1.74 bits per heavy atom. The molecule has 1 amide bonds. The third kappa shape index (κ3) is 6.24. The first-order chi connectivity index (χ1) is 16.5. The van der Waals surface area contributed by atoms with Gasteiger partial charge >= 0.3 is 0 Å². The van der Waals surface area contributed by atoms with E-state index in [9.17, 15) is 4.79 Å². The van der Waals surface area contributed by atoms with Gasteiger partial charge in [0.1, 0.15) is 0 Å². The van der Waals surface area contributed by atoms with E-state index in [1.54, 1.807) is 24.3 Å². The number of hydrogen-bond donors (Lipinski definition) is 0. The molecule has 174 valence electrons. The van der Waals surface area contributed by atoms with Gasteiger partial charge in [0.15, 0.2) is 0 Å². The van der Waals surface area contributed by atoms with Crippen LogP contribution in [0, 0.1) is 18.3 Å². The van der Waals surface area contributed by atoms with E-state index in [4.69, 9.17) is 21.6 Å². The molecule has 1 heterocycles. The summed E-state index contributed by atoms with van der Waals surface area (Å²) >= 11 is 6.11. The Hall–Kier alpha value is -3.17. The standard InChI is InChI=1S/C28H28ClN3O2/c1-21-3-2-4-23(17-21)20-34-27(24-9-11-26(29)12-10-24)19-31-13-15-32(16-14-31)28(33)25-7-5-22(18-30)6-8-25/h2-12,17,27H,13-16,19-20H2,1H3. The fourth-order valence-electron chi connectivity index (χ4n) is 4.17. The van der Waals surface area contributed by atoms with E-state index in [0.29, 0.717) is 35.8 Å². The van der Waals surface area contributed by atoms with Crippen molar-refractivity contribution >= 4 is 17.5 Å². The molecule has 6 heteroatoms. The zero-order valence-electron chi connectivity index (χ0n) is 19.3. The van der Waals surface area contributed by atoms with Gasteiger partial charge in [-0.2, -0.15) is 5.26 Å². The highest BCUT2D eigenvalue weighted by Gasteiger charge is 2.25. The van der Waals surface area contributed by atoms with Gasteiger partial charge in [-0.25, -0.2) is 0 Å². The van der Waals surface area contributed by atoms with Crippen LogP contribution >= 0.6 is 11.6 Å². The Kier molecular flexibility index (Phi) is 7.97. The predicted octanol–water partition coefficient (Wildman–Crippen LogP) is 5.24. The molecule has 0 saturated carbocycles. The molecule has 0 N–H and O–H groups in total. The summed E-state index contributed by atoms with van der Waals surface area (Å²) in [5.74, 6) is 0.00842. The highest BCUT2D eigenvalue weighted by Crippen LogP contribution is 2.24. The lowest BCUT2D eigenvalue weighted by atomic mass is 10.1. The number of benzene rings is 3. The van der Waals surface area contributed by atoms with Gasteiger partial charge in [-0.1, -0.05) is 53.6 Å². The zero-order valence-corrected chi connectivity index (χ0v) is 20.0.